The van der Waals surface area contributed by atoms with Gasteiger partial charge in [-0.25, -0.2) is 39.9 Å². The average molecular weight is 779 g/mol. The summed E-state index contributed by atoms with van der Waals surface area (Å²) in [6.45, 7) is 11.8. The maximum Gasteiger partial charge on any atom is 0.137 e. The van der Waals surface area contributed by atoms with E-state index in [2.05, 4.69) is 67.1 Å². The molecule has 57 heavy (non-hydrogen) atoms. The number of halogens is 1. The van der Waals surface area contributed by atoms with Crippen molar-refractivity contribution in [3.8, 4) is 12.1 Å². The van der Waals surface area contributed by atoms with Crippen LogP contribution in [0.25, 0.3) is 0 Å². The largest absolute Gasteiger partial charge is 0.366 e. The summed E-state index contributed by atoms with van der Waals surface area (Å²) in [5, 5.41) is 22.7. The number of nitrogens with zero attached hydrogens (tertiary/aromatic N) is 12. The zero-order chi connectivity index (χ0) is 40.3. The van der Waals surface area contributed by atoms with Gasteiger partial charge in [0.1, 0.15) is 47.4 Å². The highest BCUT2D eigenvalue weighted by Crippen LogP contribution is 2.31. The van der Waals surface area contributed by atoms with Crippen LogP contribution in [0.1, 0.15) is 67.5 Å². The molecule has 6 aromatic rings. The molecule has 0 unspecified atom stereocenters. The zero-order valence-corrected chi connectivity index (χ0v) is 33.2. The molecule has 2 aliphatic rings. The van der Waals surface area contributed by atoms with Crippen LogP contribution in [0.4, 0.5) is 17.2 Å². The second kappa shape index (κ2) is 18.8. The molecule has 0 aliphatic carbocycles. The Kier molecular flexibility index (Phi) is 13.2. The van der Waals surface area contributed by atoms with Crippen molar-refractivity contribution >= 4 is 28.8 Å². The Bertz CT molecular complexity index is 2410. The van der Waals surface area contributed by atoms with Crippen LogP contribution in [0.3, 0.4) is 0 Å². The van der Waals surface area contributed by atoms with E-state index in [4.69, 9.17) is 17.3 Å². The normalized spacial score (nSPS) is 12.7. The Morgan fingerprint density at radius 1 is 0.667 bits per heavy atom. The van der Waals surface area contributed by atoms with E-state index in [-0.39, 0.29) is 0 Å². The van der Waals surface area contributed by atoms with E-state index in [1.165, 1.54) is 6.33 Å². The minimum atomic E-state index is 0.505. The van der Waals surface area contributed by atoms with Crippen molar-refractivity contribution in [3.63, 3.8) is 0 Å². The number of nitriles is 2. The van der Waals surface area contributed by atoms with E-state index in [0.717, 1.165) is 99.5 Å². The molecule has 0 amide bonds. The summed E-state index contributed by atoms with van der Waals surface area (Å²) in [6, 6.07) is 16.5. The number of aromatic nitrogens is 8. The van der Waals surface area contributed by atoms with Crippen molar-refractivity contribution in [1.82, 2.24) is 39.9 Å². The molecule has 6 heterocycles. The number of nitrogens with two attached hydrogens (primary N) is 1. The molecule has 0 spiro atoms. The number of benzene rings is 2. The third-order valence-electron chi connectivity index (χ3n) is 9.54. The first kappa shape index (κ1) is 40.1. The maximum absolute atomic E-state index is 9.53. The molecule has 0 bridgehead atoms. The summed E-state index contributed by atoms with van der Waals surface area (Å²) < 4.78 is 0. The summed E-state index contributed by atoms with van der Waals surface area (Å²) in [5.41, 5.74) is 16.9. The van der Waals surface area contributed by atoms with Crippen molar-refractivity contribution in [1.29, 1.82) is 10.5 Å². The van der Waals surface area contributed by atoms with Gasteiger partial charge in [-0.1, -0.05) is 23.7 Å². The molecule has 0 atom stereocenters. The summed E-state index contributed by atoms with van der Waals surface area (Å²) in [5.74, 6) is 2.36. The van der Waals surface area contributed by atoms with Gasteiger partial charge in [0.15, 0.2) is 0 Å². The average Bonchev–Trinajstić information content (AvgIpc) is 3.24. The highest BCUT2D eigenvalue weighted by atomic mass is 35.5. The number of nitrogens with one attached hydrogen (secondary N) is 1. The zero-order valence-electron chi connectivity index (χ0n) is 32.4. The molecule has 8 rings (SSSR count). The van der Waals surface area contributed by atoms with Gasteiger partial charge in [0.2, 0.25) is 0 Å². The van der Waals surface area contributed by atoms with Crippen LogP contribution < -0.4 is 20.9 Å². The molecule has 0 radical (unpaired) electrons. The van der Waals surface area contributed by atoms with E-state index in [1.807, 2.05) is 76.5 Å². The number of hydrogen-bond acceptors (Lipinski definition) is 14. The molecule has 0 fully saturated rings. The highest BCUT2D eigenvalue weighted by molar-refractivity contribution is 6.30. The van der Waals surface area contributed by atoms with E-state index in [9.17, 15) is 10.5 Å². The van der Waals surface area contributed by atoms with Crippen LogP contribution in [0, 0.1) is 50.4 Å². The quantitative estimate of drug-likeness (QED) is 0.186. The molecule has 3 N–H and O–H groups in total. The SMILES string of the molecule is Cc1ccc(N2CCc3ncnc(Cl)c3C2)c(C#N)c1.Cc1ccc(N2CCc3ncnc(NCc4cnc(C)nc4)c3C2)c(C#N)c1.Cc1ncc(CN)cn1. The number of rotatable bonds is 6. The molecule has 0 saturated heterocycles. The van der Waals surface area contributed by atoms with Crippen LogP contribution >= 0.6 is 11.6 Å². The molecular formula is C42H43ClN14. The number of anilines is 3. The van der Waals surface area contributed by atoms with Gasteiger partial charge in [-0.15, -0.1) is 0 Å². The fourth-order valence-electron chi connectivity index (χ4n) is 6.46. The monoisotopic (exact) mass is 778 g/mol. The Morgan fingerprint density at radius 3 is 1.68 bits per heavy atom. The minimum Gasteiger partial charge on any atom is -0.366 e. The molecule has 2 aliphatic heterocycles. The molecule has 4 aromatic heterocycles. The van der Waals surface area contributed by atoms with Crippen molar-refractivity contribution in [2.24, 2.45) is 5.73 Å². The summed E-state index contributed by atoms with van der Waals surface area (Å²) in [6.07, 6.45) is 11.9. The third-order valence-corrected chi connectivity index (χ3v) is 9.87. The molecule has 0 saturated carbocycles. The second-order valence-corrected chi connectivity index (χ2v) is 14.0. The first-order chi connectivity index (χ1) is 27.6. The van der Waals surface area contributed by atoms with Gasteiger partial charge < -0.3 is 20.9 Å². The van der Waals surface area contributed by atoms with Crippen molar-refractivity contribution < 1.29 is 0 Å². The van der Waals surface area contributed by atoms with E-state index in [0.29, 0.717) is 42.5 Å². The van der Waals surface area contributed by atoms with Gasteiger partial charge in [-0.05, 0) is 63.1 Å². The van der Waals surface area contributed by atoms with Gasteiger partial charge in [0.05, 0.1) is 33.9 Å². The molecule has 14 nitrogen and oxygen atoms in total. The van der Waals surface area contributed by atoms with Crippen LogP contribution in [-0.4, -0.2) is 53.0 Å². The Hall–Kier alpha value is -6.61. The number of hydrogen-bond donors (Lipinski definition) is 2. The lowest BCUT2D eigenvalue weighted by Crippen LogP contribution is -2.32. The smallest absolute Gasteiger partial charge is 0.137 e. The van der Waals surface area contributed by atoms with Crippen molar-refractivity contribution in [2.45, 2.75) is 66.7 Å². The van der Waals surface area contributed by atoms with Crippen LogP contribution in [0.5, 0.6) is 0 Å². The second-order valence-electron chi connectivity index (χ2n) is 13.7. The van der Waals surface area contributed by atoms with Crippen molar-refractivity contribution in [3.05, 3.63) is 147 Å². The lowest BCUT2D eigenvalue weighted by atomic mass is 10.0. The first-order valence-electron chi connectivity index (χ1n) is 18.5. The van der Waals surface area contributed by atoms with Crippen molar-refractivity contribution in [2.75, 3.05) is 28.2 Å². The summed E-state index contributed by atoms with van der Waals surface area (Å²) in [7, 11) is 0. The molecular weight excluding hydrogens is 736 g/mol. The standard InChI is InChI=1S/C21H21N7.C15H13ClN4.C6H9N3/c1-14-3-4-20(17(7-14)8-22)28-6-5-19-18(12-28)21(27-13-26-19)25-11-16-9-23-15(2)24-10-16;1-10-2-3-14(11(6-10)7-17)20-5-4-13-12(8-20)15(16)19-9-18-13;1-5-8-3-6(2-7)4-9-5/h3-4,7,9-10,13H,5-6,11-12H2,1-2H3,(H,25,26,27);2-3,6,9H,4-5,8H2,1H3;3-4H,2,7H2,1H3. The summed E-state index contributed by atoms with van der Waals surface area (Å²) >= 11 is 6.15. The molecule has 288 valence electrons. The fraction of sp³-hybridized carbons (Fsp3) is 0.286. The summed E-state index contributed by atoms with van der Waals surface area (Å²) in [4.78, 5) is 38.0. The van der Waals surface area contributed by atoms with Gasteiger partial charge in [-0.2, -0.15) is 10.5 Å². The fourth-order valence-corrected chi connectivity index (χ4v) is 6.68. The third kappa shape index (κ3) is 10.2. The Balaban J connectivity index is 0.000000164. The van der Waals surface area contributed by atoms with E-state index < -0.39 is 0 Å². The van der Waals surface area contributed by atoms with E-state index >= 15 is 0 Å². The minimum absolute atomic E-state index is 0.505. The predicted molar refractivity (Wildman–Crippen MR) is 219 cm³/mol. The highest BCUT2D eigenvalue weighted by Gasteiger charge is 2.24. The van der Waals surface area contributed by atoms with Crippen LogP contribution in [0.2, 0.25) is 5.15 Å². The first-order valence-corrected chi connectivity index (χ1v) is 18.8. The van der Waals surface area contributed by atoms with Gasteiger partial charge >= 0.3 is 0 Å². The lowest BCUT2D eigenvalue weighted by Gasteiger charge is -2.31. The molecule has 15 heteroatoms. The predicted octanol–water partition coefficient (Wildman–Crippen LogP) is 6.05. The van der Waals surface area contributed by atoms with Gasteiger partial charge in [0.25, 0.3) is 0 Å². The molecule has 2 aromatic carbocycles. The van der Waals surface area contributed by atoms with Gasteiger partial charge in [0, 0.05) is 99.2 Å². The maximum atomic E-state index is 9.53. The van der Waals surface area contributed by atoms with E-state index in [1.54, 1.807) is 18.7 Å². The lowest BCUT2D eigenvalue weighted by molar-refractivity contribution is 0.704. The number of aryl methyl sites for hydroxylation is 4. The Morgan fingerprint density at radius 2 is 1.16 bits per heavy atom. The Labute approximate surface area is 337 Å². The number of fused-ring (bicyclic) bond motifs is 2. The van der Waals surface area contributed by atoms with Gasteiger partial charge in [-0.3, -0.25) is 0 Å². The van der Waals surface area contributed by atoms with Crippen LogP contribution in [0.15, 0.2) is 73.8 Å². The van der Waals surface area contributed by atoms with Crippen LogP contribution in [-0.2, 0) is 39.0 Å². The topological polar surface area (TPSA) is 195 Å².